The number of rotatable bonds is 5. The fraction of sp³-hybridized carbons (Fsp3) is 0.419. The van der Waals surface area contributed by atoms with E-state index in [0.717, 1.165) is 50.0 Å². The van der Waals surface area contributed by atoms with E-state index in [1.54, 1.807) is 30.4 Å². The largest absolute Gasteiger partial charge is 0.392 e. The first-order chi connectivity index (χ1) is 20.3. The summed E-state index contributed by atoms with van der Waals surface area (Å²) >= 11 is 0. The molecule has 218 valence electrons. The van der Waals surface area contributed by atoms with Crippen LogP contribution in [-0.4, -0.2) is 59.9 Å². The highest BCUT2D eigenvalue weighted by atomic mass is 16.3. The van der Waals surface area contributed by atoms with Gasteiger partial charge in [0.1, 0.15) is 17.2 Å². The van der Waals surface area contributed by atoms with Gasteiger partial charge in [-0.1, -0.05) is 0 Å². The maximum Gasteiger partial charge on any atom is 0.276 e. The zero-order valence-electron chi connectivity index (χ0n) is 24.3. The van der Waals surface area contributed by atoms with Gasteiger partial charge in [-0.3, -0.25) is 24.1 Å². The summed E-state index contributed by atoms with van der Waals surface area (Å²) in [7, 11) is 3.80. The van der Waals surface area contributed by atoms with E-state index >= 15 is 0 Å². The molecule has 6 heterocycles. The second kappa shape index (κ2) is 10.2. The molecule has 11 nitrogen and oxygen atoms in total. The van der Waals surface area contributed by atoms with Crippen LogP contribution in [0.4, 0.5) is 17.3 Å². The summed E-state index contributed by atoms with van der Waals surface area (Å²) < 4.78 is 5.69. The smallest absolute Gasteiger partial charge is 0.276 e. The standard InChI is InChI=1S/C31H36N8O3/c1-19-26-16-28(34-39(26)13-10-35(19)2)33-24-14-21(17-36(3)30(24)41)22-8-9-32-29(23(22)18-40)38-12-11-37-25-7-5-4-6-20(25)15-27(37)31(38)42/h8-9,14-17,19,40H,4-7,10-13,18H2,1-3H3,(H,33,34). The lowest BCUT2D eigenvalue weighted by Crippen LogP contribution is -2.41. The van der Waals surface area contributed by atoms with Crippen molar-refractivity contribution in [3.05, 3.63) is 75.2 Å². The van der Waals surface area contributed by atoms with E-state index in [9.17, 15) is 14.7 Å². The van der Waals surface area contributed by atoms with Crippen molar-refractivity contribution in [3.63, 3.8) is 0 Å². The zero-order chi connectivity index (χ0) is 29.1. The molecule has 2 aliphatic heterocycles. The van der Waals surface area contributed by atoms with Gasteiger partial charge < -0.3 is 19.6 Å². The van der Waals surface area contributed by atoms with E-state index in [2.05, 4.69) is 33.7 Å². The second-order valence-corrected chi connectivity index (χ2v) is 11.7. The number of amides is 1. The number of likely N-dealkylation sites (N-methyl/N-ethyl adjacent to an activating group) is 1. The number of carbonyl (C=O) groups excluding carboxylic acids is 1. The minimum atomic E-state index is -0.301. The molecule has 4 aromatic rings. The Balaban J connectivity index is 1.24. The van der Waals surface area contributed by atoms with Gasteiger partial charge in [-0.25, -0.2) is 4.98 Å². The van der Waals surface area contributed by atoms with E-state index in [1.165, 1.54) is 15.8 Å². The molecule has 1 unspecified atom stereocenters. The van der Waals surface area contributed by atoms with Crippen LogP contribution in [-0.2, 0) is 39.6 Å². The Kier molecular flexibility index (Phi) is 6.51. The Hall–Kier alpha value is -4.22. The predicted molar refractivity (Wildman–Crippen MR) is 160 cm³/mol. The molecule has 1 amide bonds. The summed E-state index contributed by atoms with van der Waals surface area (Å²) in [4.78, 5) is 35.5. The van der Waals surface area contributed by atoms with Gasteiger partial charge in [0.15, 0.2) is 5.82 Å². The third-order valence-electron chi connectivity index (χ3n) is 9.19. The van der Waals surface area contributed by atoms with Crippen molar-refractivity contribution in [3.8, 4) is 11.1 Å². The summed E-state index contributed by atoms with van der Waals surface area (Å²) in [6.45, 7) is 4.72. The van der Waals surface area contributed by atoms with Crippen molar-refractivity contribution in [2.45, 2.75) is 58.3 Å². The molecule has 0 fully saturated rings. The van der Waals surface area contributed by atoms with Crippen molar-refractivity contribution in [1.29, 1.82) is 0 Å². The molecule has 3 aliphatic rings. The van der Waals surface area contributed by atoms with Crippen LogP contribution in [0.25, 0.3) is 11.1 Å². The number of anilines is 3. The molecule has 42 heavy (non-hydrogen) atoms. The Bertz CT molecular complexity index is 1770. The molecule has 0 saturated carbocycles. The van der Waals surface area contributed by atoms with Gasteiger partial charge in [0, 0.05) is 68.0 Å². The number of fused-ring (bicyclic) bond motifs is 4. The molecule has 0 saturated heterocycles. The average molecular weight is 569 g/mol. The van der Waals surface area contributed by atoms with E-state index in [-0.39, 0.29) is 24.1 Å². The number of aromatic nitrogens is 5. The van der Waals surface area contributed by atoms with Crippen LogP contribution in [0.5, 0.6) is 0 Å². The van der Waals surface area contributed by atoms with Crippen molar-refractivity contribution >= 4 is 23.2 Å². The van der Waals surface area contributed by atoms with Crippen molar-refractivity contribution in [2.75, 3.05) is 30.4 Å². The number of pyridine rings is 2. The SMILES string of the molecule is CC1c2cc(Nc3cc(-c4ccnc(N5CCn6c(cc7c6CCCC7)C5=O)c4CO)cn(C)c3=O)nn2CCN1C. The third kappa shape index (κ3) is 4.26. The van der Waals surface area contributed by atoms with Crippen molar-refractivity contribution in [2.24, 2.45) is 7.05 Å². The topological polar surface area (TPSA) is 113 Å². The first kappa shape index (κ1) is 26.7. The van der Waals surface area contributed by atoms with Crippen LogP contribution >= 0.6 is 0 Å². The molecule has 11 heteroatoms. The summed E-state index contributed by atoms with van der Waals surface area (Å²) in [6, 6.07) is 7.87. The number of hydrogen-bond acceptors (Lipinski definition) is 7. The van der Waals surface area contributed by atoms with E-state index in [4.69, 9.17) is 5.10 Å². The average Bonchev–Trinajstić information content (AvgIpc) is 3.59. The Labute approximate surface area is 244 Å². The van der Waals surface area contributed by atoms with Gasteiger partial charge in [-0.15, -0.1) is 0 Å². The van der Waals surface area contributed by atoms with Crippen LogP contribution in [0, 0.1) is 0 Å². The number of nitrogens with one attached hydrogen (secondary N) is 1. The van der Waals surface area contributed by atoms with Gasteiger partial charge in [-0.2, -0.15) is 5.10 Å². The van der Waals surface area contributed by atoms with E-state index < -0.39 is 0 Å². The fourth-order valence-corrected chi connectivity index (χ4v) is 6.75. The monoisotopic (exact) mass is 568 g/mol. The van der Waals surface area contributed by atoms with Crippen LogP contribution < -0.4 is 15.8 Å². The quantitative estimate of drug-likeness (QED) is 0.380. The van der Waals surface area contributed by atoms with Gasteiger partial charge >= 0.3 is 0 Å². The van der Waals surface area contributed by atoms with Crippen LogP contribution in [0.1, 0.15) is 58.8 Å². The molecule has 0 spiro atoms. The highest BCUT2D eigenvalue weighted by Crippen LogP contribution is 2.35. The lowest BCUT2D eigenvalue weighted by Gasteiger charge is -2.30. The summed E-state index contributed by atoms with van der Waals surface area (Å²) in [6.07, 6.45) is 7.75. The lowest BCUT2D eigenvalue weighted by molar-refractivity contribution is 0.0963. The number of carbonyl (C=O) groups is 1. The van der Waals surface area contributed by atoms with Gasteiger partial charge in [0.05, 0.1) is 18.8 Å². The molecule has 2 N–H and O–H groups in total. The van der Waals surface area contributed by atoms with Gasteiger partial charge in [-0.05, 0) is 69.0 Å². The van der Waals surface area contributed by atoms with Crippen LogP contribution in [0.2, 0.25) is 0 Å². The Morgan fingerprint density at radius 1 is 1.05 bits per heavy atom. The number of aliphatic hydroxyl groups is 1. The lowest BCUT2D eigenvalue weighted by atomic mass is 9.98. The number of nitrogens with zero attached hydrogens (tertiary/aromatic N) is 7. The minimum Gasteiger partial charge on any atom is -0.392 e. The van der Waals surface area contributed by atoms with Crippen LogP contribution in [0.15, 0.2) is 41.5 Å². The maximum absolute atomic E-state index is 13.7. The van der Waals surface area contributed by atoms with Gasteiger partial charge in [0.25, 0.3) is 11.5 Å². The van der Waals surface area contributed by atoms with Crippen LogP contribution in [0.3, 0.4) is 0 Å². The van der Waals surface area contributed by atoms with E-state index in [1.807, 2.05) is 22.9 Å². The Morgan fingerprint density at radius 3 is 2.71 bits per heavy atom. The summed E-state index contributed by atoms with van der Waals surface area (Å²) in [5.41, 5.74) is 6.55. The fourth-order valence-electron chi connectivity index (χ4n) is 6.75. The molecule has 0 bridgehead atoms. The molecule has 1 aliphatic carbocycles. The number of hydrogen-bond donors (Lipinski definition) is 2. The summed E-state index contributed by atoms with van der Waals surface area (Å²) in [5, 5.41) is 18.5. The summed E-state index contributed by atoms with van der Waals surface area (Å²) in [5.74, 6) is 0.971. The van der Waals surface area contributed by atoms with Gasteiger partial charge in [0.2, 0.25) is 0 Å². The highest BCUT2D eigenvalue weighted by molar-refractivity contribution is 6.06. The molecule has 0 aromatic carbocycles. The zero-order valence-corrected chi connectivity index (χ0v) is 24.3. The highest BCUT2D eigenvalue weighted by Gasteiger charge is 2.32. The number of aryl methyl sites for hydroxylation is 2. The first-order valence-electron chi connectivity index (χ1n) is 14.7. The normalized spacial score (nSPS) is 18.5. The Morgan fingerprint density at radius 2 is 1.88 bits per heavy atom. The molecule has 1 atom stereocenters. The molecular weight excluding hydrogens is 532 g/mol. The molecule has 7 rings (SSSR count). The van der Waals surface area contributed by atoms with Crippen molar-refractivity contribution in [1.82, 2.24) is 28.8 Å². The maximum atomic E-state index is 13.7. The number of aliphatic hydroxyl groups excluding tert-OH is 1. The molecule has 0 radical (unpaired) electrons. The molecule has 4 aromatic heterocycles. The minimum absolute atomic E-state index is 0.0959. The second-order valence-electron chi connectivity index (χ2n) is 11.7. The van der Waals surface area contributed by atoms with E-state index in [0.29, 0.717) is 47.2 Å². The van der Waals surface area contributed by atoms with Crippen molar-refractivity contribution < 1.29 is 9.90 Å². The first-order valence-corrected chi connectivity index (χ1v) is 14.7. The third-order valence-corrected chi connectivity index (χ3v) is 9.19. The molecular formula is C31H36N8O3. The predicted octanol–water partition coefficient (Wildman–Crippen LogP) is 3.23.